The number of ether oxygens (including phenoxy) is 2. The Morgan fingerprint density at radius 1 is 1.38 bits per heavy atom. The van der Waals surface area contributed by atoms with Crippen LogP contribution in [0, 0.1) is 0 Å². The van der Waals surface area contributed by atoms with Crippen molar-refractivity contribution < 1.29 is 14.3 Å². The summed E-state index contributed by atoms with van der Waals surface area (Å²) in [6, 6.07) is 7.73. The van der Waals surface area contributed by atoms with Crippen LogP contribution in [0.3, 0.4) is 0 Å². The van der Waals surface area contributed by atoms with Crippen LogP contribution in [0.1, 0.15) is 29.3 Å². The molecule has 2 rings (SSSR count). The van der Waals surface area contributed by atoms with Crippen LogP contribution in [0.25, 0.3) is 0 Å². The van der Waals surface area contributed by atoms with Crippen LogP contribution in [0.15, 0.2) is 24.3 Å². The Balaban J connectivity index is 2.03. The van der Waals surface area contributed by atoms with Crippen molar-refractivity contribution in [3.8, 4) is 0 Å². The molecule has 86 valence electrons. The molecule has 1 aliphatic rings. The molecule has 0 saturated heterocycles. The fourth-order valence-electron chi connectivity index (χ4n) is 1.94. The molecule has 1 aliphatic carbocycles. The number of benzene rings is 1. The largest absolute Gasteiger partial charge is 0.356 e. The highest BCUT2D eigenvalue weighted by Crippen LogP contribution is 2.22. The topological polar surface area (TPSA) is 35.5 Å². The Morgan fingerprint density at radius 3 is 3.00 bits per heavy atom. The van der Waals surface area contributed by atoms with Crippen LogP contribution in [-0.4, -0.2) is 25.3 Å². The van der Waals surface area contributed by atoms with E-state index in [1.165, 1.54) is 0 Å². The van der Waals surface area contributed by atoms with Crippen LogP contribution in [-0.2, 0) is 15.9 Å². The number of Topliss-reactive ketones (excluding diaryl/α,β-unsaturated/α-hetero) is 1. The quantitative estimate of drug-likeness (QED) is 0.576. The molecule has 0 spiro atoms. The van der Waals surface area contributed by atoms with Gasteiger partial charge in [0.05, 0.1) is 0 Å². The van der Waals surface area contributed by atoms with Gasteiger partial charge in [-0.3, -0.25) is 4.79 Å². The number of aryl methyl sites for hydroxylation is 1. The van der Waals surface area contributed by atoms with E-state index in [9.17, 15) is 4.79 Å². The van der Waals surface area contributed by atoms with Crippen molar-refractivity contribution in [2.75, 3.05) is 13.4 Å². The summed E-state index contributed by atoms with van der Waals surface area (Å²) in [7, 11) is 0. The van der Waals surface area contributed by atoms with Crippen molar-refractivity contribution in [1.29, 1.82) is 0 Å². The Hall–Kier alpha value is -1.19. The van der Waals surface area contributed by atoms with Crippen molar-refractivity contribution in [3.63, 3.8) is 0 Å². The van der Waals surface area contributed by atoms with Gasteiger partial charge in [-0.2, -0.15) is 0 Å². The van der Waals surface area contributed by atoms with Gasteiger partial charge < -0.3 is 9.47 Å². The van der Waals surface area contributed by atoms with Gasteiger partial charge in [0.1, 0.15) is 12.9 Å². The summed E-state index contributed by atoms with van der Waals surface area (Å²) in [5.41, 5.74) is 1.93. The monoisotopic (exact) mass is 220 g/mol. The molecule has 0 saturated carbocycles. The van der Waals surface area contributed by atoms with Gasteiger partial charge in [-0.25, -0.2) is 0 Å². The molecule has 0 fully saturated rings. The first-order valence-corrected chi connectivity index (χ1v) is 5.64. The molecule has 3 heteroatoms. The highest BCUT2D eigenvalue weighted by atomic mass is 16.7. The van der Waals surface area contributed by atoms with Crippen molar-refractivity contribution in [1.82, 2.24) is 0 Å². The smallest absolute Gasteiger partial charge is 0.191 e. The lowest BCUT2D eigenvalue weighted by molar-refractivity contribution is -0.0772. The van der Waals surface area contributed by atoms with Crippen LogP contribution >= 0.6 is 0 Å². The third kappa shape index (κ3) is 2.31. The third-order valence-corrected chi connectivity index (χ3v) is 2.81. The molecule has 0 amide bonds. The molecule has 16 heavy (non-hydrogen) atoms. The zero-order chi connectivity index (χ0) is 11.4. The summed E-state index contributed by atoms with van der Waals surface area (Å²) in [4.78, 5) is 12.0. The number of rotatable bonds is 4. The lowest BCUT2D eigenvalue weighted by Crippen LogP contribution is -2.30. The Bertz CT molecular complexity index is 373. The summed E-state index contributed by atoms with van der Waals surface area (Å²) >= 11 is 0. The molecule has 0 aromatic heterocycles. The van der Waals surface area contributed by atoms with E-state index in [1.807, 2.05) is 31.2 Å². The van der Waals surface area contributed by atoms with Gasteiger partial charge in [-0.05, 0) is 25.3 Å². The van der Waals surface area contributed by atoms with Gasteiger partial charge in [-0.1, -0.05) is 24.3 Å². The van der Waals surface area contributed by atoms with E-state index < -0.39 is 0 Å². The van der Waals surface area contributed by atoms with E-state index in [0.29, 0.717) is 6.61 Å². The maximum Gasteiger partial charge on any atom is 0.191 e. The Labute approximate surface area is 95.4 Å². The van der Waals surface area contributed by atoms with Gasteiger partial charge in [0, 0.05) is 12.2 Å². The van der Waals surface area contributed by atoms with Crippen molar-refractivity contribution in [2.24, 2.45) is 0 Å². The maximum absolute atomic E-state index is 12.0. The lowest BCUT2D eigenvalue weighted by atomic mass is 9.89. The highest BCUT2D eigenvalue weighted by Gasteiger charge is 2.27. The fraction of sp³-hybridized carbons (Fsp3) is 0.462. The van der Waals surface area contributed by atoms with Gasteiger partial charge >= 0.3 is 0 Å². The second-order valence-electron chi connectivity index (χ2n) is 3.83. The van der Waals surface area contributed by atoms with Crippen LogP contribution in [0.4, 0.5) is 0 Å². The molecule has 1 unspecified atom stereocenters. The van der Waals surface area contributed by atoms with Gasteiger partial charge in [0.15, 0.2) is 5.78 Å². The number of fused-ring (bicyclic) bond motifs is 1. The summed E-state index contributed by atoms with van der Waals surface area (Å²) in [5.74, 6) is 0.0848. The van der Waals surface area contributed by atoms with Crippen molar-refractivity contribution in [3.05, 3.63) is 35.4 Å². The first-order chi connectivity index (χ1) is 7.83. The van der Waals surface area contributed by atoms with Gasteiger partial charge in [0.25, 0.3) is 0 Å². The highest BCUT2D eigenvalue weighted by molar-refractivity contribution is 6.01. The first-order valence-electron chi connectivity index (χ1n) is 5.64. The molecule has 0 radical (unpaired) electrons. The summed E-state index contributed by atoms with van der Waals surface area (Å²) < 4.78 is 10.5. The fourth-order valence-corrected chi connectivity index (χ4v) is 1.94. The predicted octanol–water partition coefficient (Wildman–Crippen LogP) is 2.19. The molecular formula is C13H16O3. The molecule has 3 nitrogen and oxygen atoms in total. The molecule has 0 heterocycles. The van der Waals surface area contributed by atoms with E-state index in [1.54, 1.807) is 0 Å². The van der Waals surface area contributed by atoms with Crippen molar-refractivity contribution in [2.45, 2.75) is 25.9 Å². The van der Waals surface area contributed by atoms with E-state index in [-0.39, 0.29) is 18.7 Å². The van der Waals surface area contributed by atoms with Crippen LogP contribution in [0.5, 0.6) is 0 Å². The second-order valence-corrected chi connectivity index (χ2v) is 3.83. The number of ketones is 1. The zero-order valence-corrected chi connectivity index (χ0v) is 9.44. The standard InChI is InChI=1S/C13H16O3/c1-2-15-9-16-12-8-7-10-5-3-4-6-11(10)13(12)14/h3-6,12H,2,7-9H2,1H3. The Morgan fingerprint density at radius 2 is 2.19 bits per heavy atom. The second kappa shape index (κ2) is 5.23. The number of carbonyl (C=O) groups is 1. The molecular weight excluding hydrogens is 204 g/mol. The molecule has 1 aromatic carbocycles. The summed E-state index contributed by atoms with van der Waals surface area (Å²) in [6.07, 6.45) is 1.32. The van der Waals surface area contributed by atoms with E-state index in [4.69, 9.17) is 9.47 Å². The minimum Gasteiger partial charge on any atom is -0.356 e. The Kier molecular flexibility index (Phi) is 3.70. The number of hydrogen-bond acceptors (Lipinski definition) is 3. The van der Waals surface area contributed by atoms with Crippen LogP contribution < -0.4 is 0 Å². The molecule has 0 N–H and O–H groups in total. The minimum absolute atomic E-state index is 0.0848. The summed E-state index contributed by atoms with van der Waals surface area (Å²) in [6.45, 7) is 2.72. The molecule has 0 aliphatic heterocycles. The first kappa shape index (κ1) is 11.3. The van der Waals surface area contributed by atoms with E-state index in [2.05, 4.69) is 0 Å². The normalized spacial score (nSPS) is 19.6. The lowest BCUT2D eigenvalue weighted by Gasteiger charge is -2.23. The molecule has 1 aromatic rings. The number of hydrogen-bond donors (Lipinski definition) is 0. The average molecular weight is 220 g/mol. The third-order valence-electron chi connectivity index (χ3n) is 2.81. The van der Waals surface area contributed by atoms with E-state index in [0.717, 1.165) is 24.0 Å². The average Bonchev–Trinajstić information content (AvgIpc) is 2.33. The van der Waals surface area contributed by atoms with Crippen molar-refractivity contribution >= 4 is 5.78 Å². The predicted molar refractivity (Wildman–Crippen MR) is 60.5 cm³/mol. The summed E-state index contributed by atoms with van der Waals surface area (Å²) in [5, 5.41) is 0. The van der Waals surface area contributed by atoms with Gasteiger partial charge in [0.2, 0.25) is 0 Å². The zero-order valence-electron chi connectivity index (χ0n) is 9.44. The maximum atomic E-state index is 12.0. The minimum atomic E-state index is -0.332. The molecule has 1 atom stereocenters. The SMILES string of the molecule is CCOCOC1CCc2ccccc2C1=O. The number of carbonyl (C=O) groups excluding carboxylic acids is 1. The molecule has 0 bridgehead atoms. The van der Waals surface area contributed by atoms with E-state index >= 15 is 0 Å². The van der Waals surface area contributed by atoms with Crippen LogP contribution in [0.2, 0.25) is 0 Å². The van der Waals surface area contributed by atoms with Gasteiger partial charge in [-0.15, -0.1) is 0 Å².